The molecule has 0 radical (unpaired) electrons. The van der Waals surface area contributed by atoms with Gasteiger partial charge >= 0.3 is 0 Å². The number of hydrogen-bond acceptors (Lipinski definition) is 4. The van der Waals surface area contributed by atoms with E-state index >= 15 is 0 Å². The number of hydrogen-bond donors (Lipinski definition) is 1. The van der Waals surface area contributed by atoms with Gasteiger partial charge in [-0.3, -0.25) is 14.9 Å². The Kier molecular flexibility index (Phi) is 5.87. The molecule has 1 amide bonds. The predicted molar refractivity (Wildman–Crippen MR) is 89.8 cm³/mol. The van der Waals surface area contributed by atoms with Crippen LogP contribution in [0, 0.1) is 10.1 Å². The van der Waals surface area contributed by atoms with E-state index in [0.29, 0.717) is 5.75 Å². The highest BCUT2D eigenvalue weighted by atomic mass is 28.3. The number of ether oxygens (including phenoxy) is 1. The minimum absolute atomic E-state index is 0.0174. The lowest BCUT2D eigenvalue weighted by molar-refractivity contribution is -0.384. The smallest absolute Gasteiger partial charge is 0.296 e. The van der Waals surface area contributed by atoms with E-state index in [1.54, 1.807) is 6.07 Å². The first-order chi connectivity index (χ1) is 10.2. The normalized spacial score (nSPS) is 12.4. The molecule has 6 nitrogen and oxygen atoms in total. The number of anilines is 1. The van der Waals surface area contributed by atoms with Gasteiger partial charge in [-0.05, 0) is 18.6 Å². The number of carbonyl (C=O) groups is 1. The lowest BCUT2D eigenvalue weighted by atomic mass is 10.2. The Bertz CT molecular complexity index is 587. The molecule has 0 saturated heterocycles. The van der Waals surface area contributed by atoms with Crippen LogP contribution in [0.1, 0.15) is 20.3 Å². The maximum absolute atomic E-state index is 11.2. The highest BCUT2D eigenvalue weighted by Crippen LogP contribution is 2.31. The third-order valence-electron chi connectivity index (χ3n) is 3.48. The van der Waals surface area contributed by atoms with E-state index in [1.165, 1.54) is 19.1 Å². The molecule has 1 aromatic carbocycles. The molecule has 120 valence electrons. The number of carbonyl (C=O) groups excluding carboxylic acids is 1. The van der Waals surface area contributed by atoms with E-state index in [4.69, 9.17) is 4.74 Å². The highest BCUT2D eigenvalue weighted by Gasteiger charge is 2.30. The van der Waals surface area contributed by atoms with Crippen LogP contribution in [0.4, 0.5) is 11.4 Å². The van der Waals surface area contributed by atoms with Crippen molar-refractivity contribution in [2.45, 2.75) is 39.1 Å². The summed E-state index contributed by atoms with van der Waals surface area (Å²) in [6, 6.07) is 4.47. The van der Waals surface area contributed by atoms with E-state index < -0.39 is 13.0 Å². The van der Waals surface area contributed by atoms with Crippen LogP contribution >= 0.6 is 0 Å². The first-order valence-corrected chi connectivity index (χ1v) is 10.2. The zero-order chi connectivity index (χ0) is 16.9. The van der Waals surface area contributed by atoms with Crippen LogP contribution in [0.3, 0.4) is 0 Å². The van der Waals surface area contributed by atoms with Crippen molar-refractivity contribution in [2.75, 3.05) is 5.32 Å². The molecule has 22 heavy (non-hydrogen) atoms. The Labute approximate surface area is 131 Å². The van der Waals surface area contributed by atoms with Crippen molar-refractivity contribution >= 4 is 25.4 Å². The van der Waals surface area contributed by atoms with Crippen LogP contribution in [0.2, 0.25) is 13.1 Å². The monoisotopic (exact) mass is 322 g/mol. The number of nitrogens with one attached hydrogen (secondary N) is 1. The molecule has 1 N–H and O–H groups in total. The van der Waals surface area contributed by atoms with E-state index in [-0.39, 0.29) is 23.0 Å². The van der Waals surface area contributed by atoms with Gasteiger partial charge in [0.05, 0.1) is 16.7 Å². The molecule has 0 spiro atoms. The summed E-state index contributed by atoms with van der Waals surface area (Å²) in [7, 11) is -1.77. The maximum atomic E-state index is 11.2. The zero-order valence-corrected chi connectivity index (χ0v) is 14.4. The fourth-order valence-electron chi connectivity index (χ4n) is 2.09. The van der Waals surface area contributed by atoms with Crippen LogP contribution < -0.4 is 10.1 Å². The van der Waals surface area contributed by atoms with E-state index in [9.17, 15) is 14.9 Å². The molecule has 0 aliphatic carbocycles. The topological polar surface area (TPSA) is 81.5 Å². The SMILES string of the molecule is C=C[Si](C)(C)C(CC)Oc1ccc(NC(C)=O)c([N+](=O)[O-])c1. The van der Waals surface area contributed by atoms with Crippen molar-refractivity contribution in [1.82, 2.24) is 0 Å². The Morgan fingerprint density at radius 3 is 2.64 bits per heavy atom. The number of nitrogens with zero attached hydrogens (tertiary/aromatic N) is 1. The van der Waals surface area contributed by atoms with Crippen LogP contribution in [0.25, 0.3) is 0 Å². The van der Waals surface area contributed by atoms with Crippen molar-refractivity contribution in [3.63, 3.8) is 0 Å². The van der Waals surface area contributed by atoms with Crippen LogP contribution in [-0.2, 0) is 4.79 Å². The molecule has 1 unspecified atom stereocenters. The number of benzene rings is 1. The van der Waals surface area contributed by atoms with E-state index in [1.807, 2.05) is 12.6 Å². The van der Waals surface area contributed by atoms with Crippen LogP contribution in [-0.4, -0.2) is 24.6 Å². The van der Waals surface area contributed by atoms with Crippen molar-refractivity contribution in [1.29, 1.82) is 0 Å². The standard InChI is InChI=1S/C15H22N2O4Si/c1-6-15(22(4,5)7-2)21-12-8-9-13(16-11(3)18)14(10-12)17(19)20/h7-10,15H,2,6H2,1,3-5H3,(H,16,18). The molecule has 7 heteroatoms. The molecule has 0 fully saturated rings. The fourth-order valence-corrected chi connectivity index (χ4v) is 3.84. The molecular weight excluding hydrogens is 300 g/mol. The summed E-state index contributed by atoms with van der Waals surface area (Å²) in [5, 5.41) is 13.6. The van der Waals surface area contributed by atoms with Crippen molar-refractivity contribution < 1.29 is 14.5 Å². The van der Waals surface area contributed by atoms with Gasteiger partial charge in [0.2, 0.25) is 5.91 Å². The molecule has 1 aromatic rings. The first-order valence-electron chi connectivity index (χ1n) is 7.07. The van der Waals surface area contributed by atoms with Gasteiger partial charge in [0.25, 0.3) is 5.69 Å². The summed E-state index contributed by atoms with van der Waals surface area (Å²) >= 11 is 0. The van der Waals surface area contributed by atoms with Gasteiger partial charge in [-0.1, -0.05) is 25.7 Å². The number of amides is 1. The summed E-state index contributed by atoms with van der Waals surface area (Å²) in [5.74, 6) is 0.0680. The highest BCUT2D eigenvalue weighted by molar-refractivity contribution is 6.83. The van der Waals surface area contributed by atoms with Gasteiger partial charge < -0.3 is 10.1 Å². The van der Waals surface area contributed by atoms with E-state index in [2.05, 4.69) is 25.0 Å². The van der Waals surface area contributed by atoms with Gasteiger partial charge in [0.15, 0.2) is 0 Å². The second kappa shape index (κ2) is 7.21. The summed E-state index contributed by atoms with van der Waals surface area (Å²) in [6.07, 6.45) is 0.798. The summed E-state index contributed by atoms with van der Waals surface area (Å²) < 4.78 is 5.94. The molecule has 0 aliphatic rings. The largest absolute Gasteiger partial charge is 0.493 e. The summed E-state index contributed by atoms with van der Waals surface area (Å²) in [5.41, 5.74) is 1.91. The molecule has 1 atom stereocenters. The third kappa shape index (κ3) is 4.42. The average Bonchev–Trinajstić information content (AvgIpc) is 2.44. The van der Waals surface area contributed by atoms with Gasteiger partial charge in [0.1, 0.15) is 19.5 Å². The van der Waals surface area contributed by atoms with E-state index in [0.717, 1.165) is 6.42 Å². The van der Waals surface area contributed by atoms with Gasteiger partial charge in [-0.15, -0.1) is 6.58 Å². The molecule has 0 aromatic heterocycles. The Balaban J connectivity index is 3.11. The Hall–Kier alpha value is -2.15. The minimum atomic E-state index is -1.77. The number of nitro groups is 1. The van der Waals surface area contributed by atoms with Crippen LogP contribution in [0.5, 0.6) is 5.75 Å². The van der Waals surface area contributed by atoms with Gasteiger partial charge in [0, 0.05) is 6.92 Å². The minimum Gasteiger partial charge on any atom is -0.493 e. The van der Waals surface area contributed by atoms with Crippen LogP contribution in [0.15, 0.2) is 30.5 Å². The Morgan fingerprint density at radius 1 is 1.55 bits per heavy atom. The second-order valence-electron chi connectivity index (χ2n) is 5.66. The van der Waals surface area contributed by atoms with Gasteiger partial charge in [-0.25, -0.2) is 0 Å². The third-order valence-corrected chi connectivity index (χ3v) is 6.72. The molecule has 1 rings (SSSR count). The van der Waals surface area contributed by atoms with Crippen molar-refractivity contribution in [3.05, 3.63) is 40.6 Å². The maximum Gasteiger partial charge on any atom is 0.296 e. The summed E-state index contributed by atoms with van der Waals surface area (Å²) in [4.78, 5) is 21.7. The number of rotatable bonds is 7. The lowest BCUT2D eigenvalue weighted by Gasteiger charge is -2.29. The molecule has 0 aliphatic heterocycles. The first kappa shape index (κ1) is 17.9. The van der Waals surface area contributed by atoms with Crippen molar-refractivity contribution in [3.8, 4) is 5.75 Å². The lowest BCUT2D eigenvalue weighted by Crippen LogP contribution is -2.43. The van der Waals surface area contributed by atoms with Gasteiger partial charge in [-0.2, -0.15) is 0 Å². The number of nitro benzene ring substituents is 1. The zero-order valence-electron chi connectivity index (χ0n) is 13.4. The van der Waals surface area contributed by atoms with Crippen molar-refractivity contribution in [2.24, 2.45) is 0 Å². The quantitative estimate of drug-likeness (QED) is 0.471. The fraction of sp³-hybridized carbons (Fsp3) is 0.400. The summed E-state index contributed by atoms with van der Waals surface area (Å²) in [6.45, 7) is 11.4. The predicted octanol–water partition coefficient (Wildman–Crippen LogP) is 3.68. The molecule has 0 bridgehead atoms. The molecule has 0 heterocycles. The molecule has 0 saturated carbocycles. The second-order valence-corrected chi connectivity index (χ2v) is 10.4. The molecular formula is C15H22N2O4Si. The average molecular weight is 322 g/mol. The Morgan fingerprint density at radius 2 is 2.18 bits per heavy atom.